The normalized spacial score (nSPS) is 13.0. The average molecular weight is 207 g/mol. The second-order valence-electron chi connectivity index (χ2n) is 3.41. The lowest BCUT2D eigenvalue weighted by Crippen LogP contribution is -2.18. The van der Waals surface area contributed by atoms with E-state index < -0.39 is 5.69 Å². The molecule has 0 aliphatic rings. The lowest BCUT2D eigenvalue weighted by atomic mass is 10.1. The van der Waals surface area contributed by atoms with Crippen LogP contribution in [0.3, 0.4) is 0 Å². The van der Waals surface area contributed by atoms with Crippen molar-refractivity contribution in [2.75, 3.05) is 0 Å². The summed E-state index contributed by atoms with van der Waals surface area (Å²) in [5, 5.41) is 0.546. The van der Waals surface area contributed by atoms with Crippen LogP contribution in [0.15, 0.2) is 23.0 Å². The molecule has 1 unspecified atom stereocenters. The molecule has 0 saturated heterocycles. The Hall–Kier alpha value is -1.75. The first-order chi connectivity index (χ1) is 7.08. The zero-order valence-corrected chi connectivity index (χ0v) is 8.12. The fourth-order valence-electron chi connectivity index (χ4n) is 1.50. The summed E-state index contributed by atoms with van der Waals surface area (Å²) in [7, 11) is 0. The molecule has 0 aliphatic carbocycles. The topological polar surface area (TPSA) is 71.8 Å². The number of nitrogens with two attached hydrogens (primary N) is 1. The fraction of sp³-hybridized carbons (Fsp3) is 0.200. The molecule has 2 aromatic rings. The van der Waals surface area contributed by atoms with Gasteiger partial charge in [-0.25, -0.2) is 9.18 Å². The largest absolute Gasteiger partial charge is 0.345 e. The first-order valence-corrected chi connectivity index (χ1v) is 4.53. The predicted octanol–water partition coefficient (Wildman–Crippen LogP) is 1.08. The van der Waals surface area contributed by atoms with Crippen molar-refractivity contribution in [2.45, 2.75) is 13.0 Å². The van der Waals surface area contributed by atoms with Gasteiger partial charge in [-0.2, -0.15) is 4.98 Å². The number of aromatic amines is 1. The zero-order chi connectivity index (χ0) is 11.0. The van der Waals surface area contributed by atoms with Crippen molar-refractivity contribution >= 4 is 10.9 Å². The van der Waals surface area contributed by atoms with Crippen molar-refractivity contribution < 1.29 is 4.39 Å². The summed E-state index contributed by atoms with van der Waals surface area (Å²) in [6.07, 6.45) is 0. The van der Waals surface area contributed by atoms with Crippen LogP contribution in [0, 0.1) is 5.82 Å². The fourth-order valence-corrected chi connectivity index (χ4v) is 1.50. The Morgan fingerprint density at radius 1 is 1.53 bits per heavy atom. The molecule has 1 aromatic heterocycles. The third-order valence-corrected chi connectivity index (χ3v) is 2.17. The van der Waals surface area contributed by atoms with E-state index in [1.807, 2.05) is 0 Å². The molecule has 0 bridgehead atoms. The summed E-state index contributed by atoms with van der Waals surface area (Å²) in [5.41, 5.74) is 6.16. The number of benzene rings is 1. The number of nitrogens with one attached hydrogen (secondary N) is 1. The van der Waals surface area contributed by atoms with E-state index in [9.17, 15) is 9.18 Å². The van der Waals surface area contributed by atoms with E-state index in [2.05, 4.69) is 9.97 Å². The highest BCUT2D eigenvalue weighted by Crippen LogP contribution is 2.18. The molecule has 1 aromatic carbocycles. The predicted molar refractivity (Wildman–Crippen MR) is 54.9 cm³/mol. The van der Waals surface area contributed by atoms with Gasteiger partial charge in [0.1, 0.15) is 5.82 Å². The number of hydrogen-bond acceptors (Lipinski definition) is 3. The molecule has 3 N–H and O–H groups in total. The Morgan fingerprint density at radius 3 is 2.93 bits per heavy atom. The minimum absolute atomic E-state index is 0.370. The third kappa shape index (κ3) is 1.73. The van der Waals surface area contributed by atoms with E-state index >= 15 is 0 Å². The van der Waals surface area contributed by atoms with Gasteiger partial charge < -0.3 is 10.7 Å². The molecule has 0 saturated carbocycles. The van der Waals surface area contributed by atoms with E-state index in [4.69, 9.17) is 5.73 Å². The summed E-state index contributed by atoms with van der Waals surface area (Å²) < 4.78 is 13.0. The van der Waals surface area contributed by atoms with Crippen LogP contribution in [-0.2, 0) is 0 Å². The Labute approximate surface area is 84.9 Å². The summed E-state index contributed by atoms with van der Waals surface area (Å²) in [5.74, 6) is -0.377. The summed E-state index contributed by atoms with van der Waals surface area (Å²) in [6.45, 7) is 1.72. The molecule has 1 atom stereocenters. The van der Waals surface area contributed by atoms with Crippen molar-refractivity contribution in [2.24, 2.45) is 5.73 Å². The molecule has 1 heterocycles. The van der Waals surface area contributed by atoms with Crippen LogP contribution in [0.2, 0.25) is 0 Å². The maximum atomic E-state index is 13.0. The molecular formula is C10H10FN3O. The van der Waals surface area contributed by atoms with Crippen LogP contribution in [0.25, 0.3) is 10.9 Å². The van der Waals surface area contributed by atoms with Gasteiger partial charge >= 0.3 is 5.69 Å². The molecule has 0 fully saturated rings. The molecule has 0 amide bonds. The SMILES string of the molecule is CC(N)c1[nH]c(=O)nc2ccc(F)cc12. The molecule has 2 rings (SSSR count). The number of H-pyrrole nitrogens is 1. The number of rotatable bonds is 1. The molecule has 5 heteroatoms. The molecule has 4 nitrogen and oxygen atoms in total. The first-order valence-electron chi connectivity index (χ1n) is 4.53. The van der Waals surface area contributed by atoms with Crippen LogP contribution < -0.4 is 11.4 Å². The van der Waals surface area contributed by atoms with Crippen LogP contribution >= 0.6 is 0 Å². The van der Waals surface area contributed by atoms with Crippen molar-refractivity contribution in [3.05, 3.63) is 40.2 Å². The lowest BCUT2D eigenvalue weighted by molar-refractivity contribution is 0.629. The number of nitrogens with zero attached hydrogens (tertiary/aromatic N) is 1. The molecule has 15 heavy (non-hydrogen) atoms. The highest BCUT2D eigenvalue weighted by atomic mass is 19.1. The maximum absolute atomic E-state index is 13.0. The Kier molecular flexibility index (Phi) is 2.24. The second kappa shape index (κ2) is 3.43. The van der Waals surface area contributed by atoms with Gasteiger partial charge in [0, 0.05) is 17.1 Å². The Morgan fingerprint density at radius 2 is 2.27 bits per heavy atom. The molecule has 0 spiro atoms. The number of aromatic nitrogens is 2. The van der Waals surface area contributed by atoms with Crippen molar-refractivity contribution in [3.63, 3.8) is 0 Å². The van der Waals surface area contributed by atoms with E-state index in [1.54, 1.807) is 6.92 Å². The van der Waals surface area contributed by atoms with Gasteiger partial charge in [-0.1, -0.05) is 0 Å². The van der Waals surface area contributed by atoms with E-state index in [0.29, 0.717) is 16.6 Å². The Bertz CT molecular complexity index is 562. The van der Waals surface area contributed by atoms with Gasteiger partial charge in [0.25, 0.3) is 0 Å². The van der Waals surface area contributed by atoms with Crippen LogP contribution in [-0.4, -0.2) is 9.97 Å². The van der Waals surface area contributed by atoms with Gasteiger partial charge in [-0.3, -0.25) is 0 Å². The number of halogens is 1. The van der Waals surface area contributed by atoms with Gasteiger partial charge in [0.2, 0.25) is 0 Å². The quantitative estimate of drug-likeness (QED) is 0.735. The first kappa shape index (κ1) is 9.79. The highest BCUT2D eigenvalue weighted by Gasteiger charge is 2.08. The van der Waals surface area contributed by atoms with Gasteiger partial charge in [0.15, 0.2) is 0 Å². The summed E-state index contributed by atoms with van der Waals surface area (Å²) >= 11 is 0. The van der Waals surface area contributed by atoms with Gasteiger partial charge in [-0.15, -0.1) is 0 Å². The van der Waals surface area contributed by atoms with Crippen LogP contribution in [0.1, 0.15) is 18.7 Å². The standard InChI is InChI=1S/C10H10FN3O/c1-5(12)9-7-4-6(11)2-3-8(7)13-10(15)14-9/h2-5H,12H2,1H3,(H,13,14,15). The second-order valence-corrected chi connectivity index (χ2v) is 3.41. The minimum atomic E-state index is -0.471. The number of hydrogen-bond donors (Lipinski definition) is 2. The molecule has 0 aliphatic heterocycles. The van der Waals surface area contributed by atoms with E-state index in [0.717, 1.165) is 0 Å². The van der Waals surface area contributed by atoms with Crippen molar-refractivity contribution in [1.82, 2.24) is 9.97 Å². The van der Waals surface area contributed by atoms with Gasteiger partial charge in [0.05, 0.1) is 5.52 Å². The minimum Gasteiger partial charge on any atom is -0.323 e. The Balaban J connectivity index is 2.88. The molecular weight excluding hydrogens is 197 g/mol. The van der Waals surface area contributed by atoms with Crippen LogP contribution in [0.4, 0.5) is 4.39 Å². The third-order valence-electron chi connectivity index (χ3n) is 2.17. The monoisotopic (exact) mass is 207 g/mol. The van der Waals surface area contributed by atoms with Crippen molar-refractivity contribution in [3.8, 4) is 0 Å². The summed E-state index contributed by atoms with van der Waals surface area (Å²) in [4.78, 5) is 17.4. The summed E-state index contributed by atoms with van der Waals surface area (Å²) in [6, 6.07) is 3.67. The zero-order valence-electron chi connectivity index (χ0n) is 8.12. The average Bonchev–Trinajstić information content (AvgIpc) is 2.17. The number of fused-ring (bicyclic) bond motifs is 1. The highest BCUT2D eigenvalue weighted by molar-refractivity contribution is 5.80. The maximum Gasteiger partial charge on any atom is 0.345 e. The molecule has 0 radical (unpaired) electrons. The van der Waals surface area contributed by atoms with E-state index in [1.165, 1.54) is 18.2 Å². The van der Waals surface area contributed by atoms with Gasteiger partial charge in [-0.05, 0) is 25.1 Å². The molecule has 78 valence electrons. The van der Waals surface area contributed by atoms with Crippen LogP contribution in [0.5, 0.6) is 0 Å². The smallest absolute Gasteiger partial charge is 0.323 e. The lowest BCUT2D eigenvalue weighted by Gasteiger charge is -2.08. The van der Waals surface area contributed by atoms with Crippen molar-refractivity contribution in [1.29, 1.82) is 0 Å². The van der Waals surface area contributed by atoms with E-state index in [-0.39, 0.29) is 11.9 Å².